The van der Waals surface area contributed by atoms with Gasteiger partial charge in [-0.3, -0.25) is 19.2 Å². The van der Waals surface area contributed by atoms with E-state index in [1.165, 1.54) is 0 Å². The zero-order valence-electron chi connectivity index (χ0n) is 19.8. The summed E-state index contributed by atoms with van der Waals surface area (Å²) in [6.07, 6.45) is 0.297. The van der Waals surface area contributed by atoms with Crippen LogP contribution in [0.15, 0.2) is 54.6 Å². The summed E-state index contributed by atoms with van der Waals surface area (Å²) in [6.45, 7) is 6.33. The first-order valence-corrected chi connectivity index (χ1v) is 11.4. The van der Waals surface area contributed by atoms with Gasteiger partial charge in [0.05, 0.1) is 6.42 Å². The number of nitrogens with one attached hydrogen (secondary N) is 3. The van der Waals surface area contributed by atoms with Crippen LogP contribution in [0.3, 0.4) is 0 Å². The van der Waals surface area contributed by atoms with Gasteiger partial charge in [0.15, 0.2) is 0 Å². The lowest BCUT2D eigenvalue weighted by Gasteiger charge is -2.29. The number of benzene rings is 2. The Labute approximate surface area is 199 Å². The van der Waals surface area contributed by atoms with Gasteiger partial charge in [-0.05, 0) is 22.1 Å². The summed E-state index contributed by atoms with van der Waals surface area (Å²) in [5, 5.41) is 7.89. The normalized spacial score (nSPS) is 19.0. The zero-order valence-corrected chi connectivity index (χ0v) is 19.8. The molecule has 34 heavy (non-hydrogen) atoms. The SMILES string of the molecule is CC(C)(C)c1ccc(C[C@@H](NC(=O)C[C@@H]2NC(=O)[C@H](Cc3ccccc3)NC2=O)C(N)=O)cc1. The first-order chi connectivity index (χ1) is 16.0. The van der Waals surface area contributed by atoms with Crippen molar-refractivity contribution in [1.82, 2.24) is 16.0 Å². The van der Waals surface area contributed by atoms with Crippen LogP contribution < -0.4 is 21.7 Å². The molecule has 4 amide bonds. The summed E-state index contributed by atoms with van der Waals surface area (Å²) < 4.78 is 0. The fourth-order valence-corrected chi connectivity index (χ4v) is 3.85. The van der Waals surface area contributed by atoms with E-state index in [9.17, 15) is 19.2 Å². The molecular weight excluding hydrogens is 432 g/mol. The molecule has 0 aromatic heterocycles. The molecule has 0 saturated carbocycles. The number of carbonyl (C=O) groups excluding carboxylic acids is 4. The predicted octanol–water partition coefficient (Wildman–Crippen LogP) is 1.11. The first-order valence-electron chi connectivity index (χ1n) is 11.4. The molecule has 0 radical (unpaired) electrons. The van der Waals surface area contributed by atoms with Crippen molar-refractivity contribution in [3.63, 3.8) is 0 Å². The number of carbonyl (C=O) groups is 4. The average molecular weight is 465 g/mol. The molecule has 1 aliphatic heterocycles. The minimum Gasteiger partial charge on any atom is -0.368 e. The fourth-order valence-electron chi connectivity index (χ4n) is 3.85. The molecule has 1 aliphatic rings. The van der Waals surface area contributed by atoms with Crippen LogP contribution in [0.1, 0.15) is 43.9 Å². The number of hydrogen-bond donors (Lipinski definition) is 4. The van der Waals surface area contributed by atoms with Crippen molar-refractivity contribution in [2.75, 3.05) is 0 Å². The Kier molecular flexibility index (Phi) is 7.71. The van der Waals surface area contributed by atoms with Gasteiger partial charge < -0.3 is 21.7 Å². The highest BCUT2D eigenvalue weighted by molar-refractivity contribution is 5.99. The van der Waals surface area contributed by atoms with Gasteiger partial charge in [-0.25, -0.2) is 0 Å². The lowest BCUT2D eigenvalue weighted by molar-refractivity contribution is -0.138. The number of hydrogen-bond acceptors (Lipinski definition) is 4. The fraction of sp³-hybridized carbons (Fsp3) is 0.385. The molecule has 180 valence electrons. The second-order valence-electron chi connectivity index (χ2n) is 9.69. The molecule has 5 N–H and O–H groups in total. The molecule has 0 unspecified atom stereocenters. The van der Waals surface area contributed by atoms with Crippen molar-refractivity contribution < 1.29 is 19.2 Å². The molecule has 0 bridgehead atoms. The van der Waals surface area contributed by atoms with Crippen LogP contribution in [0.2, 0.25) is 0 Å². The summed E-state index contributed by atoms with van der Waals surface area (Å²) in [5.41, 5.74) is 8.42. The van der Waals surface area contributed by atoms with Crippen molar-refractivity contribution in [2.24, 2.45) is 5.73 Å². The van der Waals surface area contributed by atoms with Crippen LogP contribution in [-0.4, -0.2) is 41.8 Å². The maximum Gasteiger partial charge on any atom is 0.243 e. The van der Waals surface area contributed by atoms with Crippen LogP contribution in [-0.2, 0) is 37.4 Å². The Balaban J connectivity index is 1.56. The van der Waals surface area contributed by atoms with E-state index < -0.39 is 35.8 Å². The maximum atomic E-state index is 12.6. The third-order valence-corrected chi connectivity index (χ3v) is 5.88. The monoisotopic (exact) mass is 464 g/mol. The molecule has 0 aliphatic carbocycles. The van der Waals surface area contributed by atoms with Gasteiger partial charge in [0.25, 0.3) is 0 Å². The van der Waals surface area contributed by atoms with Crippen molar-refractivity contribution in [3.8, 4) is 0 Å². The molecule has 1 saturated heterocycles. The minimum absolute atomic E-state index is 0.000934. The van der Waals surface area contributed by atoms with E-state index in [0.29, 0.717) is 6.42 Å². The van der Waals surface area contributed by atoms with Crippen molar-refractivity contribution >= 4 is 23.6 Å². The van der Waals surface area contributed by atoms with Gasteiger partial charge in [0.2, 0.25) is 23.6 Å². The largest absolute Gasteiger partial charge is 0.368 e. The third kappa shape index (κ3) is 6.66. The molecule has 2 aromatic rings. The van der Waals surface area contributed by atoms with Gasteiger partial charge in [-0.2, -0.15) is 0 Å². The molecule has 1 fully saturated rings. The third-order valence-electron chi connectivity index (χ3n) is 5.88. The first kappa shape index (κ1) is 25.0. The number of rotatable bonds is 8. The summed E-state index contributed by atoms with van der Waals surface area (Å²) in [6, 6.07) is 14.5. The van der Waals surface area contributed by atoms with Crippen LogP contribution in [0.4, 0.5) is 0 Å². The number of nitrogens with two attached hydrogens (primary N) is 1. The highest BCUT2D eigenvalue weighted by atomic mass is 16.2. The smallest absolute Gasteiger partial charge is 0.243 e. The topological polar surface area (TPSA) is 130 Å². The minimum atomic E-state index is -1.01. The number of piperazine rings is 1. The van der Waals surface area contributed by atoms with Crippen LogP contribution in [0.25, 0.3) is 0 Å². The highest BCUT2D eigenvalue weighted by Crippen LogP contribution is 2.22. The van der Waals surface area contributed by atoms with Crippen LogP contribution in [0, 0.1) is 0 Å². The molecular formula is C26H32N4O4. The van der Waals surface area contributed by atoms with Crippen molar-refractivity contribution in [3.05, 3.63) is 71.3 Å². The lowest BCUT2D eigenvalue weighted by Crippen LogP contribution is -2.63. The second kappa shape index (κ2) is 10.5. The average Bonchev–Trinajstić information content (AvgIpc) is 2.77. The Bertz CT molecular complexity index is 1040. The second-order valence-corrected chi connectivity index (χ2v) is 9.69. The Morgan fingerprint density at radius 3 is 2.09 bits per heavy atom. The van der Waals surface area contributed by atoms with Crippen LogP contribution >= 0.6 is 0 Å². The Hall–Kier alpha value is -3.68. The quantitative estimate of drug-likeness (QED) is 0.466. The number of amides is 4. The van der Waals surface area contributed by atoms with Gasteiger partial charge >= 0.3 is 0 Å². The van der Waals surface area contributed by atoms with Gasteiger partial charge in [-0.15, -0.1) is 0 Å². The van der Waals surface area contributed by atoms with Crippen molar-refractivity contribution in [1.29, 1.82) is 0 Å². The molecule has 2 aromatic carbocycles. The molecule has 3 rings (SSSR count). The van der Waals surface area contributed by atoms with Crippen molar-refractivity contribution in [2.45, 2.75) is 63.6 Å². The summed E-state index contributed by atoms with van der Waals surface area (Å²) in [7, 11) is 0. The van der Waals surface area contributed by atoms with E-state index in [0.717, 1.165) is 16.7 Å². The highest BCUT2D eigenvalue weighted by Gasteiger charge is 2.35. The zero-order chi connectivity index (χ0) is 24.9. The summed E-state index contributed by atoms with van der Waals surface area (Å²) in [4.78, 5) is 49.5. The van der Waals surface area contributed by atoms with Gasteiger partial charge in [0.1, 0.15) is 18.1 Å². The Morgan fingerprint density at radius 1 is 0.912 bits per heavy atom. The lowest BCUT2D eigenvalue weighted by atomic mass is 9.86. The molecule has 1 heterocycles. The molecule has 0 spiro atoms. The van der Waals surface area contributed by atoms with E-state index >= 15 is 0 Å². The molecule has 8 nitrogen and oxygen atoms in total. The van der Waals surface area contributed by atoms with Gasteiger partial charge in [0, 0.05) is 12.8 Å². The predicted molar refractivity (Wildman–Crippen MR) is 129 cm³/mol. The van der Waals surface area contributed by atoms with E-state index in [2.05, 4.69) is 36.7 Å². The van der Waals surface area contributed by atoms with Crippen LogP contribution in [0.5, 0.6) is 0 Å². The number of primary amides is 1. The molecule has 8 heteroatoms. The van der Waals surface area contributed by atoms with Gasteiger partial charge in [-0.1, -0.05) is 75.4 Å². The summed E-state index contributed by atoms with van der Waals surface area (Å²) >= 11 is 0. The molecule has 3 atom stereocenters. The van der Waals surface area contributed by atoms with E-state index in [-0.39, 0.29) is 24.2 Å². The van der Waals surface area contributed by atoms with E-state index in [4.69, 9.17) is 5.73 Å². The van der Waals surface area contributed by atoms with E-state index in [1.807, 2.05) is 54.6 Å². The Morgan fingerprint density at radius 2 is 1.50 bits per heavy atom. The maximum absolute atomic E-state index is 12.6. The standard InChI is InChI=1S/C26H32N4O4/c1-26(2,3)18-11-9-17(10-12-18)13-19(23(27)32)28-22(31)15-21-25(34)29-20(24(33)30-21)14-16-7-5-4-6-8-16/h4-12,19-21H,13-15H2,1-3H3,(H2,27,32)(H,28,31)(H,29,34)(H,30,33)/t19-,20+,21+/m1/s1. The van der Waals surface area contributed by atoms with E-state index in [1.54, 1.807) is 0 Å². The summed E-state index contributed by atoms with van der Waals surface area (Å²) in [5.74, 6) is -2.01.